The molecule has 0 fully saturated rings. The van der Waals surface area contributed by atoms with Crippen molar-refractivity contribution < 1.29 is 14.6 Å². The van der Waals surface area contributed by atoms with Crippen LogP contribution >= 0.6 is 0 Å². The Bertz CT molecular complexity index is 359. The fourth-order valence-corrected chi connectivity index (χ4v) is 2.03. The van der Waals surface area contributed by atoms with Crippen LogP contribution in [0.3, 0.4) is 0 Å². The Labute approximate surface area is 101 Å². The summed E-state index contributed by atoms with van der Waals surface area (Å²) in [5.41, 5.74) is 1.95. The van der Waals surface area contributed by atoms with Crippen molar-refractivity contribution in [3.8, 4) is 0 Å². The van der Waals surface area contributed by atoms with Crippen molar-refractivity contribution in [1.82, 2.24) is 5.32 Å². The number of halogens is 1. The molecule has 0 saturated carbocycles. The predicted molar refractivity (Wildman–Crippen MR) is 65.4 cm³/mol. The van der Waals surface area contributed by atoms with E-state index < -0.39 is 12.2 Å². The van der Waals surface area contributed by atoms with Crippen molar-refractivity contribution >= 4 is 0 Å². The first-order valence-electron chi connectivity index (χ1n) is 5.74. The standard InChI is InChI=1S/C13H20FNO2/c1-8-6-10(14)7-9(2)12(8)13(17)11(16)4-5-15-3/h6-7,11,13,15-17H,4-5H2,1-3H3. The Morgan fingerprint density at radius 3 is 2.24 bits per heavy atom. The van der Waals surface area contributed by atoms with Crippen LogP contribution in [-0.4, -0.2) is 29.9 Å². The van der Waals surface area contributed by atoms with Gasteiger partial charge in [-0.15, -0.1) is 0 Å². The molecule has 2 unspecified atom stereocenters. The molecule has 0 bridgehead atoms. The van der Waals surface area contributed by atoms with Crippen LogP contribution < -0.4 is 5.32 Å². The Balaban J connectivity index is 2.91. The lowest BCUT2D eigenvalue weighted by atomic mass is 9.93. The van der Waals surface area contributed by atoms with Gasteiger partial charge in [0, 0.05) is 0 Å². The van der Waals surface area contributed by atoms with Gasteiger partial charge in [-0.05, 0) is 62.7 Å². The lowest BCUT2D eigenvalue weighted by molar-refractivity contribution is 0.0132. The van der Waals surface area contributed by atoms with E-state index in [1.165, 1.54) is 12.1 Å². The predicted octanol–water partition coefficient (Wildman–Crippen LogP) is 1.45. The highest BCUT2D eigenvalue weighted by atomic mass is 19.1. The van der Waals surface area contributed by atoms with Crippen LogP contribution in [0.4, 0.5) is 4.39 Å². The first-order chi connectivity index (χ1) is 7.97. The lowest BCUT2D eigenvalue weighted by Crippen LogP contribution is -2.24. The molecule has 0 aliphatic rings. The average Bonchev–Trinajstić information content (AvgIpc) is 2.24. The van der Waals surface area contributed by atoms with E-state index in [1.807, 2.05) is 0 Å². The van der Waals surface area contributed by atoms with Gasteiger partial charge in [0.2, 0.25) is 0 Å². The third-order valence-corrected chi connectivity index (χ3v) is 2.91. The summed E-state index contributed by atoms with van der Waals surface area (Å²) in [5.74, 6) is -0.319. The molecular formula is C13H20FNO2. The molecule has 0 amide bonds. The minimum atomic E-state index is -0.969. The topological polar surface area (TPSA) is 52.5 Å². The minimum absolute atomic E-state index is 0.319. The number of benzene rings is 1. The van der Waals surface area contributed by atoms with Gasteiger partial charge < -0.3 is 15.5 Å². The van der Waals surface area contributed by atoms with Gasteiger partial charge in [-0.2, -0.15) is 0 Å². The third kappa shape index (κ3) is 3.49. The molecule has 17 heavy (non-hydrogen) atoms. The Morgan fingerprint density at radius 1 is 1.24 bits per heavy atom. The summed E-state index contributed by atoms with van der Waals surface area (Å²) in [6.45, 7) is 4.09. The summed E-state index contributed by atoms with van der Waals surface area (Å²) < 4.78 is 13.1. The Morgan fingerprint density at radius 2 is 1.76 bits per heavy atom. The molecule has 0 radical (unpaired) electrons. The van der Waals surface area contributed by atoms with E-state index in [0.29, 0.717) is 29.7 Å². The number of hydrogen-bond donors (Lipinski definition) is 3. The summed E-state index contributed by atoms with van der Waals surface area (Å²) >= 11 is 0. The average molecular weight is 241 g/mol. The van der Waals surface area contributed by atoms with Gasteiger partial charge in [0.15, 0.2) is 0 Å². The quantitative estimate of drug-likeness (QED) is 0.731. The number of hydrogen-bond acceptors (Lipinski definition) is 3. The molecule has 4 heteroatoms. The molecule has 0 spiro atoms. The molecule has 0 aliphatic heterocycles. The highest BCUT2D eigenvalue weighted by Crippen LogP contribution is 2.26. The highest BCUT2D eigenvalue weighted by Gasteiger charge is 2.21. The molecule has 0 aromatic heterocycles. The van der Waals surface area contributed by atoms with E-state index in [4.69, 9.17) is 0 Å². The van der Waals surface area contributed by atoms with E-state index in [-0.39, 0.29) is 5.82 Å². The molecule has 1 aromatic carbocycles. The van der Waals surface area contributed by atoms with E-state index in [1.54, 1.807) is 20.9 Å². The first-order valence-corrected chi connectivity index (χ1v) is 5.74. The minimum Gasteiger partial charge on any atom is -0.390 e. The maximum Gasteiger partial charge on any atom is 0.123 e. The number of aliphatic hydroxyl groups excluding tert-OH is 2. The number of aliphatic hydroxyl groups is 2. The van der Waals surface area contributed by atoms with Crippen molar-refractivity contribution in [2.75, 3.05) is 13.6 Å². The van der Waals surface area contributed by atoms with Gasteiger partial charge in [-0.1, -0.05) is 0 Å². The monoisotopic (exact) mass is 241 g/mol. The molecule has 96 valence electrons. The second kappa shape index (κ2) is 6.10. The van der Waals surface area contributed by atoms with Crippen LogP contribution in [-0.2, 0) is 0 Å². The van der Waals surface area contributed by atoms with Crippen LogP contribution in [0.1, 0.15) is 29.2 Å². The molecule has 0 saturated heterocycles. The van der Waals surface area contributed by atoms with E-state index in [9.17, 15) is 14.6 Å². The second-order valence-electron chi connectivity index (χ2n) is 4.36. The van der Waals surface area contributed by atoms with Gasteiger partial charge in [0.25, 0.3) is 0 Å². The van der Waals surface area contributed by atoms with Crippen LogP contribution in [0, 0.1) is 19.7 Å². The third-order valence-electron chi connectivity index (χ3n) is 2.91. The SMILES string of the molecule is CNCCC(O)C(O)c1c(C)cc(F)cc1C. The smallest absolute Gasteiger partial charge is 0.123 e. The Hall–Kier alpha value is -0.970. The lowest BCUT2D eigenvalue weighted by Gasteiger charge is -2.21. The zero-order valence-electron chi connectivity index (χ0n) is 10.5. The van der Waals surface area contributed by atoms with Crippen LogP contribution in [0.5, 0.6) is 0 Å². The molecular weight excluding hydrogens is 221 g/mol. The van der Waals surface area contributed by atoms with Crippen LogP contribution in [0.2, 0.25) is 0 Å². The fraction of sp³-hybridized carbons (Fsp3) is 0.538. The zero-order valence-corrected chi connectivity index (χ0v) is 10.5. The molecule has 0 aliphatic carbocycles. The van der Waals surface area contributed by atoms with Crippen molar-refractivity contribution in [2.45, 2.75) is 32.5 Å². The maximum atomic E-state index is 13.1. The summed E-state index contributed by atoms with van der Waals surface area (Å²) in [5, 5.41) is 22.8. The molecule has 2 atom stereocenters. The molecule has 1 rings (SSSR count). The van der Waals surface area contributed by atoms with Crippen molar-refractivity contribution in [3.05, 3.63) is 34.6 Å². The van der Waals surface area contributed by atoms with Crippen molar-refractivity contribution in [3.63, 3.8) is 0 Å². The van der Waals surface area contributed by atoms with Gasteiger partial charge in [0.1, 0.15) is 11.9 Å². The Kier molecular flexibility index (Phi) is 5.05. The normalized spacial score (nSPS) is 14.7. The molecule has 1 aromatic rings. The van der Waals surface area contributed by atoms with Crippen LogP contribution in [0.25, 0.3) is 0 Å². The van der Waals surface area contributed by atoms with Gasteiger partial charge in [-0.25, -0.2) is 4.39 Å². The van der Waals surface area contributed by atoms with E-state index in [2.05, 4.69) is 5.32 Å². The van der Waals surface area contributed by atoms with Crippen LogP contribution in [0.15, 0.2) is 12.1 Å². The van der Waals surface area contributed by atoms with Crippen molar-refractivity contribution in [2.24, 2.45) is 0 Å². The number of nitrogens with one attached hydrogen (secondary N) is 1. The van der Waals surface area contributed by atoms with E-state index >= 15 is 0 Å². The largest absolute Gasteiger partial charge is 0.390 e. The van der Waals surface area contributed by atoms with Gasteiger partial charge >= 0.3 is 0 Å². The summed E-state index contributed by atoms with van der Waals surface area (Å²) in [6.07, 6.45) is -1.36. The second-order valence-corrected chi connectivity index (χ2v) is 4.36. The summed E-state index contributed by atoms with van der Waals surface area (Å²) in [7, 11) is 1.79. The number of aryl methyl sites for hydroxylation is 2. The zero-order chi connectivity index (χ0) is 13.0. The molecule has 0 heterocycles. The van der Waals surface area contributed by atoms with E-state index in [0.717, 1.165) is 0 Å². The van der Waals surface area contributed by atoms with Crippen molar-refractivity contribution in [1.29, 1.82) is 0 Å². The summed E-state index contributed by atoms with van der Waals surface area (Å²) in [4.78, 5) is 0. The molecule has 3 N–H and O–H groups in total. The fourth-order valence-electron chi connectivity index (χ4n) is 2.03. The molecule has 3 nitrogen and oxygen atoms in total. The summed E-state index contributed by atoms with van der Waals surface area (Å²) in [6, 6.07) is 2.74. The first kappa shape index (κ1) is 14.1. The number of rotatable bonds is 5. The highest BCUT2D eigenvalue weighted by molar-refractivity contribution is 5.36. The van der Waals surface area contributed by atoms with Gasteiger partial charge in [-0.3, -0.25) is 0 Å². The van der Waals surface area contributed by atoms with Gasteiger partial charge in [0.05, 0.1) is 6.10 Å². The maximum absolute atomic E-state index is 13.1.